The van der Waals surface area contributed by atoms with Gasteiger partial charge >= 0.3 is 0 Å². The number of aryl methyl sites for hydroxylation is 1. The van der Waals surface area contributed by atoms with Gasteiger partial charge in [-0.05, 0) is 29.8 Å². The average Bonchev–Trinajstić information content (AvgIpc) is 3.15. The minimum Gasteiger partial charge on any atom is -0.298 e. The molecule has 2 heterocycles. The van der Waals surface area contributed by atoms with E-state index in [1.165, 1.54) is 40.4 Å². The van der Waals surface area contributed by atoms with E-state index < -0.39 is 9.84 Å². The molecule has 0 bridgehead atoms. The molecule has 9 heteroatoms. The molecule has 0 saturated carbocycles. The zero-order valence-corrected chi connectivity index (χ0v) is 18.0. The number of rotatable bonds is 5. The third-order valence-corrected chi connectivity index (χ3v) is 7.90. The summed E-state index contributed by atoms with van der Waals surface area (Å²) >= 11 is 13.3. The van der Waals surface area contributed by atoms with Crippen LogP contribution in [0.15, 0.2) is 70.6 Å². The zero-order chi connectivity index (χ0) is 20.6. The molecule has 0 aliphatic rings. The van der Waals surface area contributed by atoms with Crippen LogP contribution in [0.3, 0.4) is 0 Å². The normalized spacial score (nSPS) is 11.8. The molecule has 148 valence electrons. The maximum atomic E-state index is 12.8. The Balaban J connectivity index is 1.64. The summed E-state index contributed by atoms with van der Waals surface area (Å²) in [6, 6.07) is 15.8. The lowest BCUT2D eigenvalue weighted by Gasteiger charge is -2.08. The minimum atomic E-state index is -3.72. The molecule has 2 aromatic heterocycles. The maximum absolute atomic E-state index is 12.8. The van der Waals surface area contributed by atoms with Gasteiger partial charge in [0.05, 0.1) is 27.4 Å². The molecule has 0 radical (unpaired) electrons. The molecule has 0 spiro atoms. The fourth-order valence-corrected chi connectivity index (χ4v) is 5.94. The first-order chi connectivity index (χ1) is 13.8. The van der Waals surface area contributed by atoms with Crippen LogP contribution >= 0.6 is 34.5 Å². The molecule has 2 aromatic carbocycles. The molecule has 0 atom stereocenters. The number of hydrogen-bond donors (Lipinski definition) is 0. The van der Waals surface area contributed by atoms with Crippen LogP contribution in [0, 0.1) is 0 Å². The van der Waals surface area contributed by atoms with Crippen molar-refractivity contribution in [3.05, 3.63) is 81.3 Å². The summed E-state index contributed by atoms with van der Waals surface area (Å²) in [5, 5.41) is 0.843. The molecule has 0 aliphatic heterocycles. The first kappa shape index (κ1) is 20.1. The van der Waals surface area contributed by atoms with E-state index in [0.717, 1.165) is 10.4 Å². The van der Waals surface area contributed by atoms with Crippen molar-refractivity contribution in [3.8, 4) is 10.4 Å². The highest BCUT2D eigenvalue weighted by Gasteiger charge is 2.19. The van der Waals surface area contributed by atoms with Gasteiger partial charge in [0, 0.05) is 16.4 Å². The van der Waals surface area contributed by atoms with E-state index >= 15 is 0 Å². The molecule has 4 aromatic rings. The molecule has 0 unspecified atom stereocenters. The predicted molar refractivity (Wildman–Crippen MR) is 118 cm³/mol. The summed E-state index contributed by atoms with van der Waals surface area (Å²) in [6.45, 7) is -0.0382. The number of halogens is 2. The summed E-state index contributed by atoms with van der Waals surface area (Å²) < 4.78 is 26.6. The summed E-state index contributed by atoms with van der Waals surface area (Å²) in [5.41, 5.74) is 0.723. The number of sulfone groups is 1. The molecule has 0 aliphatic carbocycles. The first-order valence-electron chi connectivity index (χ1n) is 8.57. The number of nitrogens with zero attached hydrogens (tertiary/aromatic N) is 2. The van der Waals surface area contributed by atoms with Crippen molar-refractivity contribution in [1.82, 2.24) is 9.55 Å². The van der Waals surface area contributed by atoms with Crippen molar-refractivity contribution in [2.45, 2.75) is 11.4 Å². The van der Waals surface area contributed by atoms with E-state index in [0.29, 0.717) is 10.2 Å². The van der Waals surface area contributed by atoms with Crippen molar-refractivity contribution >= 4 is 54.6 Å². The van der Waals surface area contributed by atoms with Crippen LogP contribution in [0.5, 0.6) is 0 Å². The summed E-state index contributed by atoms with van der Waals surface area (Å²) in [6.07, 6.45) is 1.38. The number of hydrogen-bond acceptors (Lipinski definition) is 5. The molecule has 0 N–H and O–H groups in total. The lowest BCUT2D eigenvalue weighted by atomic mass is 10.2. The Hall–Kier alpha value is -2.19. The Bertz CT molecular complexity index is 1360. The smallest absolute Gasteiger partial charge is 0.262 e. The first-order valence-corrected chi connectivity index (χ1v) is 11.8. The molecular formula is C20H14Cl2N2O3S2. The van der Waals surface area contributed by atoms with Gasteiger partial charge < -0.3 is 0 Å². The molecule has 4 rings (SSSR count). The quantitative estimate of drug-likeness (QED) is 0.420. The fourth-order valence-electron chi connectivity index (χ4n) is 2.91. The third-order valence-electron chi connectivity index (χ3n) is 4.41. The van der Waals surface area contributed by atoms with Gasteiger partial charge in [-0.3, -0.25) is 9.36 Å². The number of thiophene rings is 1. The topological polar surface area (TPSA) is 69.0 Å². The molecule has 0 fully saturated rings. The Labute approximate surface area is 181 Å². The van der Waals surface area contributed by atoms with E-state index in [2.05, 4.69) is 4.98 Å². The number of benzene rings is 2. The lowest BCUT2D eigenvalue weighted by molar-refractivity contribution is 0.587. The monoisotopic (exact) mass is 464 g/mol. The van der Waals surface area contributed by atoms with Crippen molar-refractivity contribution < 1.29 is 8.42 Å². The van der Waals surface area contributed by atoms with E-state index in [4.69, 9.17) is 23.2 Å². The highest BCUT2D eigenvalue weighted by Crippen LogP contribution is 2.30. The summed E-state index contributed by atoms with van der Waals surface area (Å²) in [5.74, 6) is -0.296. The average molecular weight is 465 g/mol. The molecule has 0 amide bonds. The zero-order valence-electron chi connectivity index (χ0n) is 14.9. The van der Waals surface area contributed by atoms with Gasteiger partial charge in [-0.15, -0.1) is 11.3 Å². The third kappa shape index (κ3) is 4.09. The van der Waals surface area contributed by atoms with Gasteiger partial charge in [0.25, 0.3) is 5.56 Å². The second kappa shape index (κ2) is 7.91. The van der Waals surface area contributed by atoms with E-state index in [1.54, 1.807) is 6.07 Å². The van der Waals surface area contributed by atoms with Gasteiger partial charge in [-0.1, -0.05) is 53.5 Å². The minimum absolute atomic E-state index is 0.0382. The fraction of sp³-hybridized carbons (Fsp3) is 0.100. The Morgan fingerprint density at radius 3 is 2.55 bits per heavy atom. The van der Waals surface area contributed by atoms with E-state index in [-0.39, 0.29) is 32.8 Å². The van der Waals surface area contributed by atoms with E-state index in [9.17, 15) is 13.2 Å². The van der Waals surface area contributed by atoms with Gasteiger partial charge in [0.2, 0.25) is 0 Å². The highest BCUT2D eigenvalue weighted by molar-refractivity contribution is 7.91. The standard InChI is InChI=1S/C20H14Cl2N2O3S2/c21-14-6-7-16(22)18(10-14)29(26,27)9-8-24-12-23-19-15(20(24)25)11-17(28-19)13-4-2-1-3-5-13/h1-7,10-12H,8-9H2. The second-order valence-corrected chi connectivity index (χ2v) is 10.3. The maximum Gasteiger partial charge on any atom is 0.262 e. The van der Waals surface area contributed by atoms with Crippen LogP contribution in [-0.2, 0) is 16.4 Å². The number of fused-ring (bicyclic) bond motifs is 1. The van der Waals surface area contributed by atoms with Crippen molar-refractivity contribution in [1.29, 1.82) is 0 Å². The summed E-state index contributed by atoms with van der Waals surface area (Å²) in [4.78, 5) is 18.7. The largest absolute Gasteiger partial charge is 0.298 e. The van der Waals surface area contributed by atoms with Crippen molar-refractivity contribution in [2.24, 2.45) is 0 Å². The molecule has 0 saturated heterocycles. The van der Waals surface area contributed by atoms with Crippen LogP contribution in [0.1, 0.15) is 0 Å². The van der Waals surface area contributed by atoms with Crippen LogP contribution in [-0.4, -0.2) is 23.7 Å². The van der Waals surface area contributed by atoms with Crippen LogP contribution in [0.25, 0.3) is 20.7 Å². The SMILES string of the molecule is O=c1c2cc(-c3ccccc3)sc2ncn1CCS(=O)(=O)c1cc(Cl)ccc1Cl. The van der Waals surface area contributed by atoms with Crippen LogP contribution in [0.2, 0.25) is 10.0 Å². The van der Waals surface area contributed by atoms with Crippen LogP contribution in [0.4, 0.5) is 0 Å². The lowest BCUT2D eigenvalue weighted by Crippen LogP contribution is -2.24. The van der Waals surface area contributed by atoms with Crippen molar-refractivity contribution in [3.63, 3.8) is 0 Å². The Morgan fingerprint density at radius 2 is 1.79 bits per heavy atom. The molecular weight excluding hydrogens is 451 g/mol. The van der Waals surface area contributed by atoms with E-state index in [1.807, 2.05) is 30.3 Å². The van der Waals surface area contributed by atoms with Crippen LogP contribution < -0.4 is 5.56 Å². The van der Waals surface area contributed by atoms with Gasteiger partial charge in [-0.25, -0.2) is 13.4 Å². The molecule has 29 heavy (non-hydrogen) atoms. The number of aromatic nitrogens is 2. The van der Waals surface area contributed by atoms with Crippen molar-refractivity contribution in [2.75, 3.05) is 5.75 Å². The van der Waals surface area contributed by atoms with Gasteiger partial charge in [-0.2, -0.15) is 0 Å². The Kier molecular flexibility index (Phi) is 5.48. The Morgan fingerprint density at radius 1 is 1.03 bits per heavy atom. The highest BCUT2D eigenvalue weighted by atomic mass is 35.5. The van der Waals surface area contributed by atoms with Gasteiger partial charge in [0.1, 0.15) is 4.83 Å². The second-order valence-electron chi connectivity index (χ2n) is 6.33. The molecule has 5 nitrogen and oxygen atoms in total. The van der Waals surface area contributed by atoms with Gasteiger partial charge in [0.15, 0.2) is 9.84 Å². The summed E-state index contributed by atoms with van der Waals surface area (Å²) in [7, 11) is -3.72. The predicted octanol–water partition coefficient (Wildman–Crippen LogP) is 4.91.